The average Bonchev–Trinajstić information content (AvgIpc) is 3.20. The average molecular weight is 468 g/mol. The maximum Gasteiger partial charge on any atom is 0.260 e. The van der Waals surface area contributed by atoms with Crippen LogP contribution in [0.1, 0.15) is 15.9 Å². The number of nitrogens with zero attached hydrogens (tertiary/aromatic N) is 3. The van der Waals surface area contributed by atoms with E-state index in [0.29, 0.717) is 17.9 Å². The highest BCUT2D eigenvalue weighted by Gasteiger charge is 2.22. The summed E-state index contributed by atoms with van der Waals surface area (Å²) in [5.74, 6) is 1.39. The number of para-hydroxylation sites is 2. The Hall–Kier alpha value is -2.93. The number of rotatable bonds is 7. The maximum atomic E-state index is 13.4. The molecule has 0 aliphatic carbocycles. The van der Waals surface area contributed by atoms with Gasteiger partial charge in [0.15, 0.2) is 5.13 Å². The molecule has 3 aromatic carbocycles. The molecule has 0 unspecified atom stereocenters. The zero-order valence-electron chi connectivity index (χ0n) is 18.3. The molecule has 1 aromatic heterocycles. The highest BCUT2D eigenvalue weighted by atomic mass is 35.5. The smallest absolute Gasteiger partial charge is 0.260 e. The molecule has 1 amide bonds. The number of hydrogen-bond acceptors (Lipinski definition) is 5. The van der Waals surface area contributed by atoms with Crippen molar-refractivity contribution in [3.8, 4) is 11.5 Å². The number of fused-ring (bicyclic) bond motifs is 1. The number of thiazole rings is 1. The first-order valence-electron chi connectivity index (χ1n) is 10.2. The normalized spacial score (nSPS) is 10.8. The molecule has 0 saturated carbocycles. The molecule has 0 aliphatic heterocycles. The molecule has 1 heterocycles. The van der Waals surface area contributed by atoms with Crippen LogP contribution in [0, 0.1) is 6.92 Å². The number of hydrogen-bond donors (Lipinski definition) is 0. The quantitative estimate of drug-likeness (QED) is 0.333. The molecule has 0 atom stereocenters. The number of aromatic nitrogens is 1. The van der Waals surface area contributed by atoms with Crippen molar-refractivity contribution in [2.45, 2.75) is 6.92 Å². The van der Waals surface area contributed by atoms with Crippen LogP contribution >= 0.6 is 23.7 Å². The fourth-order valence-electron chi connectivity index (χ4n) is 3.22. The van der Waals surface area contributed by atoms with E-state index >= 15 is 0 Å². The zero-order chi connectivity index (χ0) is 21.8. The lowest BCUT2D eigenvalue weighted by Crippen LogP contribution is -2.36. The van der Waals surface area contributed by atoms with Crippen LogP contribution in [0.15, 0.2) is 72.8 Å². The van der Waals surface area contributed by atoms with E-state index in [1.807, 2.05) is 93.8 Å². The van der Waals surface area contributed by atoms with E-state index in [-0.39, 0.29) is 18.3 Å². The van der Waals surface area contributed by atoms with Crippen molar-refractivity contribution in [2.24, 2.45) is 0 Å². The standard InChI is InChI=1S/C25H25N3O2S.ClH/c1-18-8-7-11-22-23(18)26-25(31-22)28(17-16-27(2)3)24(29)19-12-14-21(15-13-19)30-20-9-5-4-6-10-20;/h4-15H,16-17H2,1-3H3;1H. The first-order chi connectivity index (χ1) is 15.0. The molecule has 7 heteroatoms. The van der Waals surface area contributed by atoms with Gasteiger partial charge >= 0.3 is 0 Å². The van der Waals surface area contributed by atoms with Gasteiger partial charge in [-0.15, -0.1) is 12.4 Å². The summed E-state index contributed by atoms with van der Waals surface area (Å²) in [5, 5.41) is 0.723. The van der Waals surface area contributed by atoms with Crippen LogP contribution in [0.4, 0.5) is 5.13 Å². The first kappa shape index (κ1) is 23.7. The fraction of sp³-hybridized carbons (Fsp3) is 0.200. The van der Waals surface area contributed by atoms with Crippen LogP contribution in [0.3, 0.4) is 0 Å². The molecule has 0 bridgehead atoms. The molecule has 0 aliphatic rings. The van der Waals surface area contributed by atoms with Gasteiger partial charge in [0.2, 0.25) is 0 Å². The molecule has 4 rings (SSSR count). The Bertz CT molecular complexity index is 1180. The zero-order valence-corrected chi connectivity index (χ0v) is 20.0. The second-order valence-electron chi connectivity index (χ2n) is 7.62. The fourth-order valence-corrected chi connectivity index (χ4v) is 4.29. The number of anilines is 1. The minimum Gasteiger partial charge on any atom is -0.457 e. The molecule has 4 aromatic rings. The van der Waals surface area contributed by atoms with Gasteiger partial charge in [0.25, 0.3) is 5.91 Å². The van der Waals surface area contributed by atoms with Gasteiger partial charge in [-0.3, -0.25) is 9.69 Å². The Morgan fingerprint density at radius 3 is 2.25 bits per heavy atom. The van der Waals surface area contributed by atoms with E-state index in [9.17, 15) is 4.79 Å². The highest BCUT2D eigenvalue weighted by Crippen LogP contribution is 2.31. The summed E-state index contributed by atoms with van der Waals surface area (Å²) in [6.45, 7) is 3.35. The molecule has 0 saturated heterocycles. The molecular weight excluding hydrogens is 442 g/mol. The monoisotopic (exact) mass is 467 g/mol. The van der Waals surface area contributed by atoms with Crippen molar-refractivity contribution in [1.29, 1.82) is 0 Å². The molecule has 0 spiro atoms. The number of ether oxygens (including phenoxy) is 1. The van der Waals surface area contributed by atoms with Crippen molar-refractivity contribution in [1.82, 2.24) is 9.88 Å². The number of halogens is 1. The lowest BCUT2D eigenvalue weighted by Gasteiger charge is -2.22. The Balaban J connectivity index is 0.00000289. The topological polar surface area (TPSA) is 45.7 Å². The van der Waals surface area contributed by atoms with Crippen molar-refractivity contribution in [2.75, 3.05) is 32.1 Å². The molecule has 0 N–H and O–H groups in total. The summed E-state index contributed by atoms with van der Waals surface area (Å²) in [6, 6.07) is 23.0. The summed E-state index contributed by atoms with van der Waals surface area (Å²) in [4.78, 5) is 22.1. The minimum absolute atomic E-state index is 0. The van der Waals surface area contributed by atoms with E-state index in [0.717, 1.165) is 33.2 Å². The lowest BCUT2D eigenvalue weighted by molar-refractivity contribution is 0.0985. The summed E-state index contributed by atoms with van der Waals surface area (Å²) < 4.78 is 6.94. The number of carbonyl (C=O) groups is 1. The Labute approximate surface area is 198 Å². The second kappa shape index (κ2) is 10.6. The molecule has 0 radical (unpaired) electrons. The van der Waals surface area contributed by atoms with Gasteiger partial charge in [0.1, 0.15) is 11.5 Å². The highest BCUT2D eigenvalue weighted by molar-refractivity contribution is 7.22. The molecule has 0 fully saturated rings. The SMILES string of the molecule is Cc1cccc2sc(N(CCN(C)C)C(=O)c3ccc(Oc4ccccc4)cc3)nc12.Cl. The van der Waals surface area contributed by atoms with Crippen molar-refractivity contribution in [3.63, 3.8) is 0 Å². The third kappa shape index (κ3) is 5.46. The van der Waals surface area contributed by atoms with E-state index < -0.39 is 0 Å². The van der Waals surface area contributed by atoms with Gasteiger partial charge in [0.05, 0.1) is 10.2 Å². The van der Waals surface area contributed by atoms with Gasteiger partial charge in [0, 0.05) is 18.7 Å². The van der Waals surface area contributed by atoms with Crippen molar-refractivity contribution >= 4 is 45.0 Å². The van der Waals surface area contributed by atoms with E-state index in [1.54, 1.807) is 16.2 Å². The molecular formula is C25H26ClN3O2S. The summed E-state index contributed by atoms with van der Waals surface area (Å²) in [6.07, 6.45) is 0. The molecule has 32 heavy (non-hydrogen) atoms. The summed E-state index contributed by atoms with van der Waals surface area (Å²) >= 11 is 1.55. The third-order valence-corrected chi connectivity index (χ3v) is 5.98. The van der Waals surface area contributed by atoms with Gasteiger partial charge < -0.3 is 9.64 Å². The van der Waals surface area contributed by atoms with Gasteiger partial charge in [-0.2, -0.15) is 0 Å². The molecule has 5 nitrogen and oxygen atoms in total. The second-order valence-corrected chi connectivity index (χ2v) is 8.63. The van der Waals surface area contributed by atoms with Crippen molar-refractivity contribution in [3.05, 3.63) is 83.9 Å². The van der Waals surface area contributed by atoms with Crippen LogP contribution in [0.25, 0.3) is 10.2 Å². The predicted molar refractivity (Wildman–Crippen MR) is 135 cm³/mol. The Morgan fingerprint density at radius 1 is 0.906 bits per heavy atom. The van der Waals surface area contributed by atoms with E-state index in [1.165, 1.54) is 0 Å². The molecule has 166 valence electrons. The van der Waals surface area contributed by atoms with Crippen LogP contribution < -0.4 is 9.64 Å². The number of amides is 1. The number of benzene rings is 3. The number of aryl methyl sites for hydroxylation is 1. The minimum atomic E-state index is -0.0650. The largest absolute Gasteiger partial charge is 0.457 e. The van der Waals surface area contributed by atoms with Crippen LogP contribution in [0.2, 0.25) is 0 Å². The third-order valence-electron chi connectivity index (χ3n) is 4.94. The lowest BCUT2D eigenvalue weighted by atomic mass is 10.2. The van der Waals surface area contributed by atoms with Gasteiger partial charge in [-0.25, -0.2) is 4.98 Å². The van der Waals surface area contributed by atoms with Crippen LogP contribution in [-0.2, 0) is 0 Å². The Morgan fingerprint density at radius 2 is 1.59 bits per heavy atom. The first-order valence-corrected chi connectivity index (χ1v) is 11.0. The van der Waals surface area contributed by atoms with Crippen LogP contribution in [-0.4, -0.2) is 43.0 Å². The van der Waals surface area contributed by atoms with E-state index in [2.05, 4.69) is 4.90 Å². The Kier molecular flexibility index (Phi) is 7.85. The maximum absolute atomic E-state index is 13.4. The number of likely N-dealkylation sites (N-methyl/N-ethyl adjacent to an activating group) is 1. The van der Waals surface area contributed by atoms with Gasteiger partial charge in [-0.05, 0) is 69.0 Å². The summed E-state index contributed by atoms with van der Waals surface area (Å²) in [7, 11) is 4.00. The summed E-state index contributed by atoms with van der Waals surface area (Å²) in [5.41, 5.74) is 2.68. The van der Waals surface area contributed by atoms with Gasteiger partial charge in [-0.1, -0.05) is 41.7 Å². The predicted octanol–water partition coefficient (Wildman–Crippen LogP) is 6.03. The van der Waals surface area contributed by atoms with E-state index in [4.69, 9.17) is 9.72 Å². The van der Waals surface area contributed by atoms with Crippen molar-refractivity contribution < 1.29 is 9.53 Å². The van der Waals surface area contributed by atoms with Crippen LogP contribution in [0.5, 0.6) is 11.5 Å². The number of carbonyl (C=O) groups excluding carboxylic acids is 1.